The van der Waals surface area contributed by atoms with Gasteiger partial charge in [0.1, 0.15) is 5.75 Å². The van der Waals surface area contributed by atoms with Gasteiger partial charge in [0.2, 0.25) is 5.91 Å². The summed E-state index contributed by atoms with van der Waals surface area (Å²) in [4.78, 5) is 23.9. The summed E-state index contributed by atoms with van der Waals surface area (Å²) in [6.45, 7) is 2.00. The van der Waals surface area contributed by atoms with Crippen molar-refractivity contribution in [2.24, 2.45) is 11.7 Å². The van der Waals surface area contributed by atoms with Crippen LogP contribution in [-0.4, -0.2) is 30.5 Å². The zero-order valence-corrected chi connectivity index (χ0v) is 15.9. The number of hydrogen-bond acceptors (Lipinski definition) is 4. The van der Waals surface area contributed by atoms with Gasteiger partial charge in [-0.15, -0.1) is 12.4 Å². The van der Waals surface area contributed by atoms with Crippen LogP contribution in [0, 0.1) is 5.92 Å². The molecule has 0 bridgehead atoms. The van der Waals surface area contributed by atoms with Crippen LogP contribution in [0.1, 0.15) is 50.6 Å². The molecule has 2 amide bonds. The minimum absolute atomic E-state index is 0. The summed E-state index contributed by atoms with van der Waals surface area (Å²) in [5.41, 5.74) is 6.88. The summed E-state index contributed by atoms with van der Waals surface area (Å²) < 4.78 is 5.49. The van der Waals surface area contributed by atoms with E-state index in [1.165, 1.54) is 0 Å². The van der Waals surface area contributed by atoms with Crippen molar-refractivity contribution in [3.05, 3.63) is 29.8 Å². The van der Waals surface area contributed by atoms with Crippen LogP contribution in [0.5, 0.6) is 5.75 Å². The van der Waals surface area contributed by atoms with Gasteiger partial charge in [0.15, 0.2) is 6.61 Å². The molecule has 1 aromatic rings. The maximum atomic E-state index is 12.3. The van der Waals surface area contributed by atoms with Crippen LogP contribution < -0.4 is 21.1 Å². The molecule has 2 saturated carbocycles. The molecule has 3 rings (SSSR count). The highest BCUT2D eigenvalue weighted by molar-refractivity contribution is 5.85. The molecule has 6 nitrogen and oxygen atoms in total. The van der Waals surface area contributed by atoms with Gasteiger partial charge < -0.3 is 21.1 Å². The first kappa shape index (κ1) is 20.5. The summed E-state index contributed by atoms with van der Waals surface area (Å²) in [6.07, 6.45) is 4.70. The smallest absolute Gasteiger partial charge is 0.258 e. The molecule has 2 fully saturated rings. The first-order valence-electron chi connectivity index (χ1n) is 9.09. The molecule has 0 spiro atoms. The first-order valence-corrected chi connectivity index (χ1v) is 9.09. The third-order valence-corrected chi connectivity index (χ3v) is 4.90. The standard InChI is InChI=1S/C19H27N3O3.ClH/c1-12(21-19(24)14-2-5-15(20)10-14)13-3-8-17(9-4-13)25-11-18(23)22-16-6-7-16;/h3-4,8-9,12,14-16H,2,5-7,10-11,20H2,1H3,(H,21,24)(H,22,23);1H. The molecule has 0 saturated heterocycles. The molecular formula is C19H28ClN3O3. The lowest BCUT2D eigenvalue weighted by Crippen LogP contribution is -2.32. The van der Waals surface area contributed by atoms with Gasteiger partial charge in [0.25, 0.3) is 5.91 Å². The van der Waals surface area contributed by atoms with Gasteiger partial charge in [0.05, 0.1) is 6.04 Å². The Morgan fingerprint density at radius 2 is 1.88 bits per heavy atom. The number of nitrogens with two attached hydrogens (primary N) is 1. The van der Waals surface area contributed by atoms with Gasteiger partial charge in [-0.2, -0.15) is 0 Å². The highest BCUT2D eigenvalue weighted by Crippen LogP contribution is 2.25. The Hall–Kier alpha value is -1.79. The van der Waals surface area contributed by atoms with Crippen LogP contribution in [0.4, 0.5) is 0 Å². The third kappa shape index (κ3) is 5.88. The molecule has 3 atom stereocenters. The minimum atomic E-state index is -0.0815. The van der Waals surface area contributed by atoms with E-state index in [1.54, 1.807) is 0 Å². The summed E-state index contributed by atoms with van der Waals surface area (Å²) >= 11 is 0. The van der Waals surface area contributed by atoms with Crippen molar-refractivity contribution in [2.45, 2.75) is 57.2 Å². The van der Waals surface area contributed by atoms with Crippen LogP contribution in [0.15, 0.2) is 24.3 Å². The van der Waals surface area contributed by atoms with E-state index in [-0.39, 0.29) is 48.8 Å². The Labute approximate surface area is 160 Å². The second-order valence-electron chi connectivity index (χ2n) is 7.20. The van der Waals surface area contributed by atoms with E-state index in [0.717, 1.165) is 37.7 Å². The molecule has 0 aliphatic heterocycles. The first-order chi connectivity index (χ1) is 12.0. The number of ether oxygens (including phenoxy) is 1. The Bertz CT molecular complexity index is 619. The molecule has 1 aromatic carbocycles. The average Bonchev–Trinajstić information content (AvgIpc) is 3.30. The highest BCUT2D eigenvalue weighted by Gasteiger charge is 2.28. The largest absolute Gasteiger partial charge is 0.484 e. The number of halogens is 1. The second-order valence-corrected chi connectivity index (χ2v) is 7.20. The van der Waals surface area contributed by atoms with Crippen molar-refractivity contribution in [2.75, 3.05) is 6.61 Å². The lowest BCUT2D eigenvalue weighted by molar-refractivity contribution is -0.125. The van der Waals surface area contributed by atoms with E-state index < -0.39 is 0 Å². The molecule has 2 aliphatic rings. The predicted molar refractivity (Wildman–Crippen MR) is 102 cm³/mol. The summed E-state index contributed by atoms with van der Waals surface area (Å²) in [7, 11) is 0. The van der Waals surface area contributed by atoms with E-state index in [4.69, 9.17) is 10.5 Å². The fourth-order valence-electron chi connectivity index (χ4n) is 3.17. The van der Waals surface area contributed by atoms with Crippen molar-refractivity contribution < 1.29 is 14.3 Å². The molecule has 4 N–H and O–H groups in total. The van der Waals surface area contributed by atoms with Gasteiger partial charge in [0, 0.05) is 18.0 Å². The van der Waals surface area contributed by atoms with Crippen molar-refractivity contribution in [1.29, 1.82) is 0 Å². The van der Waals surface area contributed by atoms with E-state index in [9.17, 15) is 9.59 Å². The monoisotopic (exact) mass is 381 g/mol. The van der Waals surface area contributed by atoms with Gasteiger partial charge in [-0.1, -0.05) is 12.1 Å². The maximum Gasteiger partial charge on any atom is 0.258 e. The van der Waals surface area contributed by atoms with E-state index in [1.807, 2.05) is 31.2 Å². The molecular weight excluding hydrogens is 354 g/mol. The van der Waals surface area contributed by atoms with Gasteiger partial charge in [-0.3, -0.25) is 9.59 Å². The lowest BCUT2D eigenvalue weighted by Gasteiger charge is -2.18. The van der Waals surface area contributed by atoms with Crippen LogP contribution in [0.2, 0.25) is 0 Å². The number of rotatable bonds is 7. The third-order valence-electron chi connectivity index (χ3n) is 4.90. The molecule has 2 aliphatic carbocycles. The Kier molecular flexibility index (Phi) is 7.29. The normalized spacial score (nSPS) is 22.8. The topological polar surface area (TPSA) is 93.5 Å². The second kappa shape index (κ2) is 9.24. The van der Waals surface area contributed by atoms with E-state index in [2.05, 4.69) is 10.6 Å². The Balaban J connectivity index is 0.00000243. The van der Waals surface area contributed by atoms with Crippen molar-refractivity contribution in [3.8, 4) is 5.75 Å². The quantitative estimate of drug-likeness (QED) is 0.674. The lowest BCUT2D eigenvalue weighted by atomic mass is 10.0. The number of benzene rings is 1. The molecule has 0 aromatic heterocycles. The van der Waals surface area contributed by atoms with Crippen molar-refractivity contribution in [3.63, 3.8) is 0 Å². The maximum absolute atomic E-state index is 12.3. The number of carbonyl (C=O) groups is 2. The highest BCUT2D eigenvalue weighted by atomic mass is 35.5. The zero-order valence-electron chi connectivity index (χ0n) is 15.1. The van der Waals surface area contributed by atoms with Gasteiger partial charge >= 0.3 is 0 Å². The van der Waals surface area contributed by atoms with Gasteiger partial charge in [-0.25, -0.2) is 0 Å². The van der Waals surface area contributed by atoms with E-state index >= 15 is 0 Å². The minimum Gasteiger partial charge on any atom is -0.484 e. The van der Waals surface area contributed by atoms with Crippen molar-refractivity contribution in [1.82, 2.24) is 10.6 Å². The molecule has 7 heteroatoms. The number of carbonyl (C=O) groups excluding carboxylic acids is 2. The van der Waals surface area contributed by atoms with E-state index in [0.29, 0.717) is 11.8 Å². The Morgan fingerprint density at radius 1 is 1.19 bits per heavy atom. The number of hydrogen-bond donors (Lipinski definition) is 3. The van der Waals surface area contributed by atoms with Crippen LogP contribution in [-0.2, 0) is 9.59 Å². The fourth-order valence-corrected chi connectivity index (χ4v) is 3.17. The van der Waals surface area contributed by atoms with Crippen molar-refractivity contribution >= 4 is 24.2 Å². The predicted octanol–water partition coefficient (Wildman–Crippen LogP) is 2.07. The van der Waals surface area contributed by atoms with Crippen LogP contribution in [0.25, 0.3) is 0 Å². The SMILES string of the molecule is CC(NC(=O)C1CCC(N)C1)c1ccc(OCC(=O)NC2CC2)cc1.Cl. The molecule has 3 unspecified atom stereocenters. The van der Waals surface area contributed by atoms with Crippen LogP contribution >= 0.6 is 12.4 Å². The van der Waals surface area contributed by atoms with Gasteiger partial charge in [-0.05, 0) is 56.7 Å². The Morgan fingerprint density at radius 3 is 2.46 bits per heavy atom. The zero-order chi connectivity index (χ0) is 17.8. The average molecular weight is 382 g/mol. The number of nitrogens with one attached hydrogen (secondary N) is 2. The van der Waals surface area contributed by atoms with Crippen LogP contribution in [0.3, 0.4) is 0 Å². The summed E-state index contributed by atoms with van der Waals surface area (Å²) in [5, 5.41) is 5.94. The summed E-state index contributed by atoms with van der Waals surface area (Å²) in [6, 6.07) is 7.91. The molecule has 0 radical (unpaired) electrons. The summed E-state index contributed by atoms with van der Waals surface area (Å²) in [5.74, 6) is 0.680. The molecule has 144 valence electrons. The number of amides is 2. The molecule has 0 heterocycles. The fraction of sp³-hybridized carbons (Fsp3) is 0.579. The molecule has 26 heavy (non-hydrogen) atoms.